The first-order valence-corrected chi connectivity index (χ1v) is 10.6. The number of pyridine rings is 1. The van der Waals surface area contributed by atoms with E-state index in [-0.39, 0.29) is 11.8 Å². The first-order valence-electron chi connectivity index (χ1n) is 8.97. The molecule has 142 valence electrons. The van der Waals surface area contributed by atoms with Crippen LogP contribution in [0.25, 0.3) is 10.9 Å². The molecule has 0 bridgehead atoms. The van der Waals surface area contributed by atoms with Crippen molar-refractivity contribution in [2.75, 3.05) is 5.32 Å². The van der Waals surface area contributed by atoms with Crippen molar-refractivity contribution in [3.05, 3.63) is 74.6 Å². The molecule has 0 aliphatic heterocycles. The Balaban J connectivity index is 1.65. The molecule has 3 aromatic heterocycles. The van der Waals surface area contributed by atoms with Gasteiger partial charge in [0.15, 0.2) is 0 Å². The van der Waals surface area contributed by atoms with Crippen molar-refractivity contribution in [3.63, 3.8) is 0 Å². The van der Waals surface area contributed by atoms with Crippen LogP contribution < -0.4 is 5.32 Å². The fourth-order valence-corrected chi connectivity index (χ4v) is 4.44. The zero-order valence-electron chi connectivity index (χ0n) is 15.5. The third-order valence-electron chi connectivity index (χ3n) is 4.46. The highest BCUT2D eigenvalue weighted by molar-refractivity contribution is 9.10. The number of anilines is 1. The van der Waals surface area contributed by atoms with Crippen LogP contribution in [0.2, 0.25) is 0 Å². The molecule has 0 aliphatic rings. The standard InChI is InChI=1S/C21H19BrN4OS/c1-13(2)19-10-17(16-5-3-4-6-18(16)24-19)21(27)25-20-7-8-23-26(20)11-15-9-14(22)12-28-15/h3-10,12-13H,11H2,1-2H3,(H,25,27). The summed E-state index contributed by atoms with van der Waals surface area (Å²) >= 11 is 5.12. The highest BCUT2D eigenvalue weighted by Gasteiger charge is 2.16. The van der Waals surface area contributed by atoms with E-state index in [1.165, 1.54) is 0 Å². The number of carbonyl (C=O) groups excluding carboxylic acids is 1. The van der Waals surface area contributed by atoms with Gasteiger partial charge in [0.1, 0.15) is 5.82 Å². The van der Waals surface area contributed by atoms with Crippen LogP contribution >= 0.6 is 27.3 Å². The van der Waals surface area contributed by atoms with E-state index in [2.05, 4.69) is 51.2 Å². The minimum atomic E-state index is -0.158. The summed E-state index contributed by atoms with van der Waals surface area (Å²) in [7, 11) is 0. The summed E-state index contributed by atoms with van der Waals surface area (Å²) in [4.78, 5) is 19.0. The van der Waals surface area contributed by atoms with Gasteiger partial charge in [0.05, 0.1) is 23.8 Å². The summed E-state index contributed by atoms with van der Waals surface area (Å²) in [6.45, 7) is 4.76. The van der Waals surface area contributed by atoms with Crippen molar-refractivity contribution in [1.82, 2.24) is 14.8 Å². The lowest BCUT2D eigenvalue weighted by molar-refractivity contribution is 0.102. The predicted octanol–water partition coefficient (Wildman–Crippen LogP) is 5.68. The molecular formula is C21H19BrN4OS. The van der Waals surface area contributed by atoms with Gasteiger partial charge >= 0.3 is 0 Å². The summed E-state index contributed by atoms with van der Waals surface area (Å²) in [5.74, 6) is 0.745. The highest BCUT2D eigenvalue weighted by Crippen LogP contribution is 2.24. The molecule has 0 saturated carbocycles. The van der Waals surface area contributed by atoms with Gasteiger partial charge in [-0.05, 0) is 40.0 Å². The Morgan fingerprint density at radius 1 is 1.25 bits per heavy atom. The number of nitrogens with zero attached hydrogens (tertiary/aromatic N) is 3. The fraction of sp³-hybridized carbons (Fsp3) is 0.190. The van der Waals surface area contributed by atoms with E-state index in [1.807, 2.05) is 41.8 Å². The van der Waals surface area contributed by atoms with Crippen LogP contribution in [0.15, 0.2) is 58.5 Å². The van der Waals surface area contributed by atoms with E-state index < -0.39 is 0 Å². The number of thiophene rings is 1. The summed E-state index contributed by atoms with van der Waals surface area (Å²) in [5.41, 5.74) is 2.36. The minimum Gasteiger partial charge on any atom is -0.307 e. The first-order chi connectivity index (χ1) is 13.5. The van der Waals surface area contributed by atoms with Gasteiger partial charge < -0.3 is 5.32 Å². The molecule has 3 heterocycles. The molecular weight excluding hydrogens is 436 g/mol. The summed E-state index contributed by atoms with van der Waals surface area (Å²) in [6, 6.07) is 13.5. The van der Waals surface area contributed by atoms with Crippen LogP contribution in [-0.2, 0) is 6.54 Å². The molecule has 1 amide bonds. The maximum absolute atomic E-state index is 13.1. The van der Waals surface area contributed by atoms with E-state index in [9.17, 15) is 4.79 Å². The van der Waals surface area contributed by atoms with Gasteiger partial charge in [-0.15, -0.1) is 11.3 Å². The van der Waals surface area contributed by atoms with E-state index in [0.29, 0.717) is 17.9 Å². The van der Waals surface area contributed by atoms with Crippen molar-refractivity contribution >= 4 is 49.9 Å². The van der Waals surface area contributed by atoms with Crippen molar-refractivity contribution < 1.29 is 4.79 Å². The summed E-state index contributed by atoms with van der Waals surface area (Å²) in [5, 5.41) is 10.3. The predicted molar refractivity (Wildman–Crippen MR) is 117 cm³/mol. The largest absolute Gasteiger partial charge is 0.307 e. The number of aromatic nitrogens is 3. The monoisotopic (exact) mass is 454 g/mol. The summed E-state index contributed by atoms with van der Waals surface area (Å²) in [6.07, 6.45) is 1.70. The highest BCUT2D eigenvalue weighted by atomic mass is 79.9. The van der Waals surface area contributed by atoms with Crippen molar-refractivity contribution in [2.24, 2.45) is 0 Å². The molecule has 1 aromatic carbocycles. The second kappa shape index (κ2) is 7.85. The number of benzene rings is 1. The van der Waals surface area contributed by atoms with Gasteiger partial charge in [-0.25, -0.2) is 4.68 Å². The number of amides is 1. The lowest BCUT2D eigenvalue weighted by Gasteiger charge is -2.13. The zero-order chi connectivity index (χ0) is 19.7. The number of para-hydroxylation sites is 1. The van der Waals surface area contributed by atoms with Gasteiger partial charge in [0.2, 0.25) is 0 Å². The van der Waals surface area contributed by atoms with Crippen LogP contribution in [0, 0.1) is 0 Å². The Kier molecular flexibility index (Phi) is 5.28. The van der Waals surface area contributed by atoms with Gasteiger partial charge in [-0.3, -0.25) is 9.78 Å². The molecule has 0 unspecified atom stereocenters. The average Bonchev–Trinajstić information content (AvgIpc) is 3.29. The molecule has 5 nitrogen and oxygen atoms in total. The molecule has 4 rings (SSSR count). The zero-order valence-corrected chi connectivity index (χ0v) is 17.9. The third kappa shape index (κ3) is 3.86. The number of carbonyl (C=O) groups is 1. The van der Waals surface area contributed by atoms with Crippen molar-refractivity contribution in [1.29, 1.82) is 0 Å². The SMILES string of the molecule is CC(C)c1cc(C(=O)Nc2ccnn2Cc2cc(Br)cs2)c2ccccc2n1. The quantitative estimate of drug-likeness (QED) is 0.421. The van der Waals surface area contributed by atoms with Gasteiger partial charge in [0, 0.05) is 31.9 Å². The van der Waals surface area contributed by atoms with Crippen LogP contribution in [0.5, 0.6) is 0 Å². The van der Waals surface area contributed by atoms with Gasteiger partial charge in [-0.1, -0.05) is 32.0 Å². The molecule has 7 heteroatoms. The van der Waals surface area contributed by atoms with E-state index >= 15 is 0 Å². The Labute approximate surface area is 175 Å². The lowest BCUT2D eigenvalue weighted by atomic mass is 10.0. The molecule has 0 saturated heterocycles. The van der Waals surface area contributed by atoms with Gasteiger partial charge in [0.25, 0.3) is 5.91 Å². The molecule has 1 N–H and O–H groups in total. The van der Waals surface area contributed by atoms with Crippen molar-refractivity contribution in [3.8, 4) is 0 Å². The third-order valence-corrected chi connectivity index (χ3v) is 6.14. The van der Waals surface area contributed by atoms with E-state index in [4.69, 9.17) is 0 Å². The van der Waals surface area contributed by atoms with Crippen LogP contribution in [0.1, 0.15) is 40.7 Å². The second-order valence-corrected chi connectivity index (χ2v) is 8.74. The Morgan fingerprint density at radius 3 is 2.82 bits per heavy atom. The normalized spacial score (nSPS) is 11.3. The Hall–Kier alpha value is -2.51. The van der Waals surface area contributed by atoms with Crippen LogP contribution in [0.3, 0.4) is 0 Å². The molecule has 4 aromatic rings. The first kappa shape index (κ1) is 18.8. The average molecular weight is 455 g/mol. The number of nitrogens with one attached hydrogen (secondary N) is 1. The number of fused-ring (bicyclic) bond motifs is 1. The topological polar surface area (TPSA) is 59.8 Å². The number of rotatable bonds is 5. The number of hydrogen-bond acceptors (Lipinski definition) is 4. The maximum Gasteiger partial charge on any atom is 0.257 e. The number of halogens is 1. The maximum atomic E-state index is 13.1. The van der Waals surface area contributed by atoms with Gasteiger partial charge in [-0.2, -0.15) is 5.10 Å². The van der Waals surface area contributed by atoms with E-state index in [0.717, 1.165) is 25.9 Å². The Bertz CT molecular complexity index is 1150. The molecule has 28 heavy (non-hydrogen) atoms. The minimum absolute atomic E-state index is 0.158. The molecule has 0 fully saturated rings. The Morgan fingerprint density at radius 2 is 2.07 bits per heavy atom. The van der Waals surface area contributed by atoms with Crippen molar-refractivity contribution in [2.45, 2.75) is 26.3 Å². The fourth-order valence-electron chi connectivity index (χ4n) is 3.01. The lowest BCUT2D eigenvalue weighted by Crippen LogP contribution is -2.17. The molecule has 0 aliphatic carbocycles. The molecule has 0 atom stereocenters. The van der Waals surface area contributed by atoms with Crippen LogP contribution in [0.4, 0.5) is 5.82 Å². The van der Waals surface area contributed by atoms with E-state index in [1.54, 1.807) is 22.2 Å². The number of hydrogen-bond donors (Lipinski definition) is 1. The van der Waals surface area contributed by atoms with Crippen LogP contribution in [-0.4, -0.2) is 20.7 Å². The molecule has 0 radical (unpaired) electrons. The molecule has 0 spiro atoms. The smallest absolute Gasteiger partial charge is 0.257 e. The summed E-state index contributed by atoms with van der Waals surface area (Å²) < 4.78 is 2.85. The second-order valence-electron chi connectivity index (χ2n) is 6.83.